The molecule has 0 aliphatic rings. The minimum absolute atomic E-state index is 1.37. The maximum atomic E-state index is 10.1. The van der Waals surface area contributed by atoms with Crippen LogP contribution in [0, 0.1) is 0 Å². The van der Waals surface area contributed by atoms with Crippen LogP contribution >= 0.6 is 0 Å². The molecule has 0 atom stereocenters. The number of carbonyl (C=O) groups is 3. The summed E-state index contributed by atoms with van der Waals surface area (Å²) in [4.78, 5) is 43.6. The Morgan fingerprint density at radius 1 is 0.750 bits per heavy atom. The lowest BCUT2D eigenvalue weighted by molar-refractivity contribution is -0.263. The van der Waals surface area contributed by atoms with Gasteiger partial charge in [0.05, 0.1) is 0 Å². The highest BCUT2D eigenvalue weighted by Crippen LogP contribution is 1.87. The van der Waals surface area contributed by atoms with Crippen molar-refractivity contribution in [2.75, 3.05) is 0 Å². The van der Waals surface area contributed by atoms with Crippen molar-refractivity contribution in [1.82, 2.24) is 0 Å². The van der Waals surface area contributed by atoms with Crippen molar-refractivity contribution in [3.63, 3.8) is 0 Å². The van der Waals surface area contributed by atoms with Crippen LogP contribution in [0.3, 0.4) is 0 Å². The van der Waals surface area contributed by atoms with Gasteiger partial charge in [-0.3, -0.25) is 0 Å². The van der Waals surface area contributed by atoms with Gasteiger partial charge in [0.25, 0.3) is 0 Å². The van der Waals surface area contributed by atoms with E-state index in [0.29, 0.717) is 0 Å². The van der Waals surface area contributed by atoms with E-state index in [4.69, 9.17) is 0 Å². The van der Waals surface area contributed by atoms with Crippen molar-refractivity contribution in [3.8, 4) is 0 Å². The molecule has 0 radical (unpaired) electrons. The highest BCUT2D eigenvalue weighted by molar-refractivity contribution is 5.67. The van der Waals surface area contributed by atoms with E-state index in [9.17, 15) is 14.4 Å². The summed E-state index contributed by atoms with van der Waals surface area (Å²) in [7, 11) is 0. The lowest BCUT2D eigenvalue weighted by atomic mass is 11.3. The highest BCUT2D eigenvalue weighted by Gasteiger charge is 2.10. The molecule has 0 saturated carbocycles. The smallest absolute Gasteiger partial charge is 0.332 e. The van der Waals surface area contributed by atoms with Crippen molar-refractivity contribution in [2.24, 2.45) is 11.5 Å². The van der Waals surface area contributed by atoms with Gasteiger partial charge >= 0.3 is 18.3 Å². The lowest BCUT2D eigenvalue weighted by Gasteiger charge is -1.98. The van der Waals surface area contributed by atoms with Crippen molar-refractivity contribution in [1.29, 1.82) is 0 Å². The molecule has 0 aromatic carbocycles. The fourth-order valence-electron chi connectivity index (χ4n) is 0.164. The van der Waals surface area contributed by atoms with E-state index in [1.54, 1.807) is 0 Å². The van der Waals surface area contributed by atoms with Crippen LogP contribution in [-0.4, -0.2) is 18.3 Å². The van der Waals surface area contributed by atoms with Crippen LogP contribution in [0.2, 0.25) is 0 Å². The maximum Gasteiger partial charge on any atom is 0.592 e. The number of nitrogens with two attached hydrogens (primary N) is 2. The quantitative estimate of drug-likeness (QED) is 0.365. The second kappa shape index (κ2) is 4.60. The molecule has 0 bridgehead atoms. The molecule has 0 unspecified atom stereocenters. The van der Waals surface area contributed by atoms with Gasteiger partial charge in [0.1, 0.15) is 0 Å². The molecule has 68 valence electrons. The van der Waals surface area contributed by atoms with Gasteiger partial charge in [-0.15, -0.1) is 0 Å². The minimum Gasteiger partial charge on any atom is -0.332 e. The van der Waals surface area contributed by atoms with Crippen molar-refractivity contribution in [2.45, 2.75) is 0 Å². The van der Waals surface area contributed by atoms with Crippen molar-refractivity contribution >= 4 is 18.3 Å². The summed E-state index contributed by atoms with van der Waals surface area (Å²) in [6, 6.07) is 0. The van der Waals surface area contributed by atoms with E-state index >= 15 is 0 Å². The monoisotopic (exact) mass is 180 g/mol. The largest absolute Gasteiger partial charge is 0.592 e. The average Bonchev–Trinajstić information content (AvgIpc) is 1.96. The predicted molar refractivity (Wildman–Crippen MR) is 28.9 cm³/mol. The Morgan fingerprint density at radius 2 is 1.08 bits per heavy atom. The molecule has 4 N–H and O–H groups in total. The summed E-state index contributed by atoms with van der Waals surface area (Å²) >= 11 is 0. The number of rotatable bonds is 0. The molecule has 9 heteroatoms. The Hall–Kier alpha value is -2.19. The Balaban J connectivity index is 3.47. The molecule has 0 aliphatic heterocycles. The first-order valence-corrected chi connectivity index (χ1v) is 2.34. The molecule has 0 aromatic heterocycles. The van der Waals surface area contributed by atoms with E-state index in [1.807, 2.05) is 0 Å². The number of amides is 2. The summed E-state index contributed by atoms with van der Waals surface area (Å²) in [6.45, 7) is 0. The molecular weight excluding hydrogens is 176 g/mol. The number of carbonyl (C=O) groups excluding carboxylic acids is 3. The minimum atomic E-state index is -1.60. The Labute approximate surface area is 64.9 Å². The summed E-state index contributed by atoms with van der Waals surface area (Å²) in [6.07, 6.45) is -4.34. The van der Waals surface area contributed by atoms with Gasteiger partial charge in [0.15, 0.2) is 0 Å². The summed E-state index contributed by atoms with van der Waals surface area (Å²) < 4.78 is 0. The Kier molecular flexibility index (Phi) is 3.76. The highest BCUT2D eigenvalue weighted by atomic mass is 17.3. The number of primary amides is 2. The van der Waals surface area contributed by atoms with Crippen LogP contribution in [0.5, 0.6) is 0 Å². The van der Waals surface area contributed by atoms with Crippen LogP contribution < -0.4 is 11.5 Å². The molecule has 0 heterocycles. The van der Waals surface area contributed by atoms with Gasteiger partial charge in [-0.25, -0.2) is 19.4 Å². The summed E-state index contributed by atoms with van der Waals surface area (Å²) in [5.74, 6) is 0. The van der Waals surface area contributed by atoms with Crippen LogP contribution in [0.25, 0.3) is 0 Å². The van der Waals surface area contributed by atoms with Gasteiger partial charge < -0.3 is 11.5 Å². The van der Waals surface area contributed by atoms with Gasteiger partial charge in [-0.1, -0.05) is 0 Å². The van der Waals surface area contributed by atoms with Crippen LogP contribution in [-0.2, 0) is 19.6 Å². The van der Waals surface area contributed by atoms with Gasteiger partial charge in [-0.2, -0.15) is 14.6 Å². The molecular formula is C3H4N2O7. The second-order valence-electron chi connectivity index (χ2n) is 1.22. The first-order chi connectivity index (χ1) is 5.52. The lowest BCUT2D eigenvalue weighted by Crippen LogP contribution is -2.20. The fraction of sp³-hybridized carbons (Fsp3) is 0. The maximum absolute atomic E-state index is 10.1. The topological polar surface area (TPSA) is 140 Å². The van der Waals surface area contributed by atoms with E-state index < -0.39 is 18.3 Å². The molecule has 0 saturated heterocycles. The van der Waals surface area contributed by atoms with Crippen molar-refractivity contribution < 1.29 is 33.9 Å². The van der Waals surface area contributed by atoms with Crippen LogP contribution in [0.1, 0.15) is 0 Å². The molecule has 0 fully saturated rings. The number of hydrogen-bond acceptors (Lipinski definition) is 7. The van der Waals surface area contributed by atoms with E-state index in [1.165, 1.54) is 0 Å². The van der Waals surface area contributed by atoms with Crippen LogP contribution in [0.15, 0.2) is 0 Å². The van der Waals surface area contributed by atoms with Crippen LogP contribution in [0.4, 0.5) is 14.4 Å². The SMILES string of the molecule is NC(=O)OOC(=O)OOC(N)=O. The molecule has 2 amide bonds. The zero-order valence-electron chi connectivity index (χ0n) is 5.51. The Morgan fingerprint density at radius 3 is 1.33 bits per heavy atom. The molecule has 9 nitrogen and oxygen atoms in total. The Bertz CT molecular complexity index is 181. The standard InChI is InChI=1S/C3H4N2O7/c4-1(6)9-11-3(8)12-10-2(5)7/h(H2,4,6)(H2,5,7). The third kappa shape index (κ3) is 5.94. The molecule has 0 rings (SSSR count). The van der Waals surface area contributed by atoms with Gasteiger partial charge in [0.2, 0.25) is 0 Å². The third-order valence-electron chi connectivity index (χ3n) is 0.384. The van der Waals surface area contributed by atoms with Gasteiger partial charge in [0, 0.05) is 0 Å². The third-order valence-corrected chi connectivity index (χ3v) is 0.384. The number of hydrogen-bond donors (Lipinski definition) is 2. The first-order valence-electron chi connectivity index (χ1n) is 2.34. The summed E-state index contributed by atoms with van der Waals surface area (Å²) in [5.41, 5.74) is 8.74. The molecule has 0 aromatic rings. The molecule has 12 heavy (non-hydrogen) atoms. The first kappa shape index (κ1) is 9.81. The summed E-state index contributed by atoms with van der Waals surface area (Å²) in [5, 5.41) is 0. The molecule has 0 spiro atoms. The van der Waals surface area contributed by atoms with Gasteiger partial charge in [-0.05, 0) is 0 Å². The average molecular weight is 180 g/mol. The normalized spacial score (nSPS) is 8.00. The van der Waals surface area contributed by atoms with E-state index in [0.717, 1.165) is 0 Å². The zero-order valence-corrected chi connectivity index (χ0v) is 5.51. The van der Waals surface area contributed by atoms with Crippen molar-refractivity contribution in [3.05, 3.63) is 0 Å². The van der Waals surface area contributed by atoms with E-state index in [2.05, 4.69) is 31.0 Å². The second-order valence-corrected chi connectivity index (χ2v) is 1.22. The zero-order chi connectivity index (χ0) is 9.56. The fourth-order valence-corrected chi connectivity index (χ4v) is 0.164. The van der Waals surface area contributed by atoms with E-state index in [-0.39, 0.29) is 0 Å². The molecule has 0 aliphatic carbocycles. The predicted octanol–water partition coefficient (Wildman–Crippen LogP) is -0.840.